The number of barbiturate groups is 1. The molecule has 1 fully saturated rings. The number of imide groups is 2. The molecule has 4 rings (SSSR count). The molecule has 0 spiro atoms. The van der Waals surface area contributed by atoms with Crippen molar-refractivity contribution in [1.82, 2.24) is 10.2 Å². The van der Waals surface area contributed by atoms with Gasteiger partial charge in [-0.25, -0.2) is 4.79 Å². The number of urea groups is 1. The molecular weight excluding hydrogens is 476 g/mol. The van der Waals surface area contributed by atoms with Crippen molar-refractivity contribution in [1.29, 1.82) is 0 Å². The van der Waals surface area contributed by atoms with E-state index in [1.54, 1.807) is 30.3 Å². The van der Waals surface area contributed by atoms with Gasteiger partial charge < -0.3 is 18.6 Å². The highest BCUT2D eigenvalue weighted by molar-refractivity contribution is 6.30. The fourth-order valence-corrected chi connectivity index (χ4v) is 3.74. The van der Waals surface area contributed by atoms with Gasteiger partial charge in [0.2, 0.25) is 0 Å². The molecular formula is C28H28N2O7. The van der Waals surface area contributed by atoms with Crippen LogP contribution in [0, 0.1) is 13.8 Å². The molecule has 0 saturated carbocycles. The van der Waals surface area contributed by atoms with Crippen LogP contribution in [-0.2, 0) is 16.1 Å². The SMILES string of the molecule is COc1cc(/C=C2\C(=O)NC(=O)N(Cc3ccco3)C2=O)ccc1OCCCOc1cc(C)ccc1C. The summed E-state index contributed by atoms with van der Waals surface area (Å²) in [5.74, 6) is 0.755. The first-order chi connectivity index (χ1) is 17.9. The van der Waals surface area contributed by atoms with Gasteiger partial charge in [-0.3, -0.25) is 19.8 Å². The number of rotatable bonds is 10. The van der Waals surface area contributed by atoms with Crippen molar-refractivity contribution in [2.45, 2.75) is 26.8 Å². The summed E-state index contributed by atoms with van der Waals surface area (Å²) < 4.78 is 22.4. The van der Waals surface area contributed by atoms with E-state index >= 15 is 0 Å². The summed E-state index contributed by atoms with van der Waals surface area (Å²) in [7, 11) is 1.50. The lowest BCUT2D eigenvalue weighted by Gasteiger charge is -2.25. The molecule has 0 atom stereocenters. The standard InChI is InChI=1S/C28H28N2O7/c1-18-7-8-19(2)24(14-18)37-13-5-12-36-23-10-9-20(16-25(23)34-3)15-22-26(31)29-28(33)30(27(22)32)17-21-6-4-11-35-21/h4,6-11,14-16H,5,12-13,17H2,1-3H3,(H,29,31,33)/b22-15+. The molecule has 192 valence electrons. The van der Waals surface area contributed by atoms with Crippen LogP contribution in [0.2, 0.25) is 0 Å². The van der Waals surface area contributed by atoms with Gasteiger partial charge in [0, 0.05) is 6.42 Å². The van der Waals surface area contributed by atoms with Crippen molar-refractivity contribution < 1.29 is 33.0 Å². The smallest absolute Gasteiger partial charge is 0.331 e. The highest BCUT2D eigenvalue weighted by Gasteiger charge is 2.36. The predicted octanol–water partition coefficient (Wildman–Crippen LogP) is 4.41. The molecule has 0 radical (unpaired) electrons. The van der Waals surface area contributed by atoms with Crippen LogP contribution in [0.15, 0.2) is 64.8 Å². The largest absolute Gasteiger partial charge is 0.493 e. The number of ether oxygens (including phenoxy) is 3. The average Bonchev–Trinajstić information content (AvgIpc) is 3.40. The molecule has 0 bridgehead atoms. The molecule has 1 saturated heterocycles. The third-order valence-electron chi connectivity index (χ3n) is 5.73. The van der Waals surface area contributed by atoms with Gasteiger partial charge in [-0.15, -0.1) is 0 Å². The Morgan fingerprint density at radius 1 is 0.946 bits per heavy atom. The van der Waals surface area contributed by atoms with E-state index in [9.17, 15) is 14.4 Å². The van der Waals surface area contributed by atoms with Crippen LogP contribution >= 0.6 is 0 Å². The lowest BCUT2D eigenvalue weighted by molar-refractivity contribution is -0.130. The van der Waals surface area contributed by atoms with E-state index in [1.165, 1.54) is 19.4 Å². The van der Waals surface area contributed by atoms with Gasteiger partial charge >= 0.3 is 6.03 Å². The molecule has 4 amide bonds. The normalized spacial score (nSPS) is 14.6. The lowest BCUT2D eigenvalue weighted by atomic mass is 10.1. The molecule has 2 aromatic carbocycles. The Kier molecular flexibility index (Phi) is 7.92. The van der Waals surface area contributed by atoms with Gasteiger partial charge in [0.15, 0.2) is 11.5 Å². The quantitative estimate of drug-likeness (QED) is 0.247. The van der Waals surface area contributed by atoms with Gasteiger partial charge in [0.25, 0.3) is 11.8 Å². The van der Waals surface area contributed by atoms with Gasteiger partial charge in [-0.2, -0.15) is 0 Å². The van der Waals surface area contributed by atoms with Gasteiger partial charge in [-0.1, -0.05) is 18.2 Å². The maximum Gasteiger partial charge on any atom is 0.331 e. The van der Waals surface area contributed by atoms with E-state index in [1.807, 2.05) is 32.0 Å². The monoisotopic (exact) mass is 504 g/mol. The average molecular weight is 505 g/mol. The fourth-order valence-electron chi connectivity index (χ4n) is 3.74. The second kappa shape index (κ2) is 11.5. The van der Waals surface area contributed by atoms with Crippen molar-refractivity contribution in [3.8, 4) is 17.2 Å². The minimum atomic E-state index is -0.800. The van der Waals surface area contributed by atoms with Crippen LogP contribution in [-0.4, -0.2) is 43.1 Å². The minimum Gasteiger partial charge on any atom is -0.493 e. The topological polar surface area (TPSA) is 107 Å². The molecule has 9 nitrogen and oxygen atoms in total. The summed E-state index contributed by atoms with van der Waals surface area (Å²) in [5, 5.41) is 2.19. The van der Waals surface area contributed by atoms with Gasteiger partial charge in [0.1, 0.15) is 17.1 Å². The van der Waals surface area contributed by atoms with Crippen LogP contribution < -0.4 is 19.5 Å². The molecule has 1 aromatic heterocycles. The van der Waals surface area contributed by atoms with Crippen LogP contribution in [0.3, 0.4) is 0 Å². The number of hydrogen-bond donors (Lipinski definition) is 1. The van der Waals surface area contributed by atoms with Gasteiger partial charge in [0.05, 0.1) is 33.1 Å². The van der Waals surface area contributed by atoms with E-state index in [2.05, 4.69) is 5.32 Å². The third kappa shape index (κ3) is 6.19. The first-order valence-corrected chi connectivity index (χ1v) is 11.8. The highest BCUT2D eigenvalue weighted by atomic mass is 16.5. The van der Waals surface area contributed by atoms with Crippen molar-refractivity contribution in [2.24, 2.45) is 0 Å². The number of carbonyl (C=O) groups is 3. The number of nitrogens with one attached hydrogen (secondary N) is 1. The number of amides is 4. The number of furan rings is 1. The maximum atomic E-state index is 12.9. The summed E-state index contributed by atoms with van der Waals surface area (Å²) in [4.78, 5) is 38.4. The summed E-state index contributed by atoms with van der Waals surface area (Å²) >= 11 is 0. The van der Waals surface area contributed by atoms with Crippen molar-refractivity contribution in [3.63, 3.8) is 0 Å². The molecule has 37 heavy (non-hydrogen) atoms. The van der Waals surface area contributed by atoms with Crippen molar-refractivity contribution in [3.05, 3.63) is 82.8 Å². The van der Waals surface area contributed by atoms with E-state index in [-0.39, 0.29) is 12.1 Å². The molecule has 9 heteroatoms. The van der Waals surface area contributed by atoms with Crippen LogP contribution in [0.1, 0.15) is 28.9 Å². The number of carbonyl (C=O) groups excluding carboxylic acids is 3. The first kappa shape index (κ1) is 25.6. The Morgan fingerprint density at radius 2 is 1.73 bits per heavy atom. The third-order valence-corrected chi connectivity index (χ3v) is 5.73. The Morgan fingerprint density at radius 3 is 2.46 bits per heavy atom. The number of methoxy groups -OCH3 is 1. The van der Waals surface area contributed by atoms with Crippen molar-refractivity contribution >= 4 is 23.9 Å². The Labute approximate surface area is 214 Å². The van der Waals surface area contributed by atoms with E-state index < -0.39 is 17.8 Å². The van der Waals surface area contributed by atoms with Crippen molar-refractivity contribution in [2.75, 3.05) is 20.3 Å². The molecule has 2 heterocycles. The number of hydrogen-bond acceptors (Lipinski definition) is 7. The van der Waals surface area contributed by atoms with Crippen LogP contribution in [0.4, 0.5) is 4.79 Å². The van der Waals surface area contributed by atoms with Crippen LogP contribution in [0.5, 0.6) is 17.2 Å². The zero-order valence-electron chi connectivity index (χ0n) is 20.9. The Bertz CT molecular complexity index is 1330. The van der Waals surface area contributed by atoms with Crippen LogP contribution in [0.25, 0.3) is 6.08 Å². The second-order valence-corrected chi connectivity index (χ2v) is 8.52. The molecule has 0 aliphatic carbocycles. The first-order valence-electron chi connectivity index (χ1n) is 11.8. The summed E-state index contributed by atoms with van der Waals surface area (Å²) in [6, 6.07) is 13.6. The number of nitrogens with zero attached hydrogens (tertiary/aromatic N) is 1. The molecule has 3 aromatic rings. The lowest BCUT2D eigenvalue weighted by Crippen LogP contribution is -2.53. The molecule has 0 unspecified atom stereocenters. The highest BCUT2D eigenvalue weighted by Crippen LogP contribution is 2.30. The zero-order valence-corrected chi connectivity index (χ0v) is 20.9. The molecule has 1 aliphatic rings. The maximum absolute atomic E-state index is 12.9. The van der Waals surface area contributed by atoms with E-state index in [0.717, 1.165) is 21.8 Å². The number of aryl methyl sites for hydroxylation is 2. The summed E-state index contributed by atoms with van der Waals surface area (Å²) in [5.41, 5.74) is 2.58. The molecule has 1 aliphatic heterocycles. The van der Waals surface area contributed by atoms with E-state index in [0.29, 0.717) is 42.5 Å². The molecule has 1 N–H and O–H groups in total. The fraction of sp³-hybridized carbons (Fsp3) is 0.250. The Balaban J connectivity index is 1.39. The second-order valence-electron chi connectivity index (χ2n) is 8.52. The summed E-state index contributed by atoms with van der Waals surface area (Å²) in [6.07, 6.45) is 3.51. The minimum absolute atomic E-state index is 0.0917. The van der Waals surface area contributed by atoms with Gasteiger partial charge in [-0.05, 0) is 66.9 Å². The van der Waals surface area contributed by atoms with E-state index in [4.69, 9.17) is 18.6 Å². The zero-order chi connectivity index (χ0) is 26.4. The summed E-state index contributed by atoms with van der Waals surface area (Å²) in [6.45, 7) is 4.85. The number of benzene rings is 2. The predicted molar refractivity (Wildman–Crippen MR) is 135 cm³/mol. The Hall–Kier alpha value is -4.53.